The van der Waals surface area contributed by atoms with Crippen molar-refractivity contribution < 1.29 is 19.5 Å². The Hall–Kier alpha value is -1.44. The largest absolute Gasteiger partial charge is 0.480 e. The predicted octanol–water partition coefficient (Wildman–Crippen LogP) is 0.555. The molecule has 2 atom stereocenters. The topological polar surface area (TPSA) is 90.0 Å². The second-order valence-electron chi connectivity index (χ2n) is 5.44. The Labute approximate surface area is 128 Å². The average Bonchev–Trinajstić information content (AvgIpc) is 2.80. The van der Waals surface area contributed by atoms with Gasteiger partial charge in [-0.05, 0) is 19.8 Å². The molecule has 2 fully saturated rings. The van der Waals surface area contributed by atoms with Crippen molar-refractivity contribution in [2.45, 2.75) is 44.1 Å². The Morgan fingerprint density at radius 2 is 1.86 bits per heavy atom. The van der Waals surface area contributed by atoms with Gasteiger partial charge in [-0.1, -0.05) is 0 Å². The Bertz CT molecular complexity index is 437. The molecular weight excluding hydrogens is 294 g/mol. The number of nitrogens with one attached hydrogen (secondary N) is 1. The van der Waals surface area contributed by atoms with E-state index in [9.17, 15) is 19.5 Å². The summed E-state index contributed by atoms with van der Waals surface area (Å²) in [5.41, 5.74) is 0. The summed E-state index contributed by atoms with van der Waals surface area (Å²) in [7, 11) is 0. The minimum atomic E-state index is -0.951. The molecular formula is C13H21N3O4S. The molecule has 2 aliphatic heterocycles. The molecule has 118 valence electrons. The van der Waals surface area contributed by atoms with Crippen LogP contribution in [0.4, 0.5) is 4.79 Å². The van der Waals surface area contributed by atoms with E-state index in [0.29, 0.717) is 31.7 Å². The lowest BCUT2D eigenvalue weighted by molar-refractivity contribution is -0.141. The molecule has 0 radical (unpaired) electrons. The van der Waals surface area contributed by atoms with Crippen molar-refractivity contribution in [3.05, 3.63) is 0 Å². The highest BCUT2D eigenvalue weighted by Crippen LogP contribution is 2.30. The number of nitrogens with zero attached hydrogens (tertiary/aromatic N) is 2. The number of carboxylic acid groups (broad SMARTS) is 1. The molecule has 2 heterocycles. The van der Waals surface area contributed by atoms with Gasteiger partial charge in [-0.25, -0.2) is 9.59 Å². The van der Waals surface area contributed by atoms with Crippen molar-refractivity contribution in [1.29, 1.82) is 0 Å². The maximum absolute atomic E-state index is 12.5. The summed E-state index contributed by atoms with van der Waals surface area (Å²) < 4.78 is 0. The van der Waals surface area contributed by atoms with Crippen LogP contribution in [0, 0.1) is 0 Å². The highest BCUT2D eigenvalue weighted by Gasteiger charge is 2.41. The molecule has 0 spiro atoms. The summed E-state index contributed by atoms with van der Waals surface area (Å²) in [6, 6.07) is -0.848. The van der Waals surface area contributed by atoms with Crippen molar-refractivity contribution in [2.75, 3.05) is 18.8 Å². The van der Waals surface area contributed by atoms with Crippen LogP contribution in [0.5, 0.6) is 0 Å². The summed E-state index contributed by atoms with van der Waals surface area (Å²) >= 11 is 1.48. The van der Waals surface area contributed by atoms with Crippen molar-refractivity contribution in [2.24, 2.45) is 0 Å². The van der Waals surface area contributed by atoms with E-state index in [1.807, 2.05) is 6.92 Å². The number of hydrogen-bond donors (Lipinski definition) is 2. The summed E-state index contributed by atoms with van der Waals surface area (Å²) in [5.74, 6) is -0.575. The summed E-state index contributed by atoms with van der Waals surface area (Å²) in [4.78, 5) is 38.0. The van der Waals surface area contributed by atoms with Crippen LogP contribution in [0.3, 0.4) is 0 Å². The Morgan fingerprint density at radius 3 is 2.38 bits per heavy atom. The van der Waals surface area contributed by atoms with E-state index in [-0.39, 0.29) is 23.4 Å². The maximum Gasteiger partial charge on any atom is 0.327 e. The molecule has 2 saturated heterocycles. The van der Waals surface area contributed by atoms with Gasteiger partial charge in [0.05, 0.1) is 5.37 Å². The van der Waals surface area contributed by atoms with Crippen LogP contribution in [0.2, 0.25) is 0 Å². The van der Waals surface area contributed by atoms with E-state index >= 15 is 0 Å². The minimum Gasteiger partial charge on any atom is -0.480 e. The first-order valence-electron chi connectivity index (χ1n) is 7.09. The molecule has 7 nitrogen and oxygen atoms in total. The lowest BCUT2D eigenvalue weighted by Gasteiger charge is -2.36. The molecule has 0 aliphatic carbocycles. The van der Waals surface area contributed by atoms with Crippen molar-refractivity contribution in [3.8, 4) is 0 Å². The van der Waals surface area contributed by atoms with Crippen molar-refractivity contribution in [3.63, 3.8) is 0 Å². The van der Waals surface area contributed by atoms with Crippen LogP contribution < -0.4 is 5.32 Å². The van der Waals surface area contributed by atoms with E-state index in [1.165, 1.54) is 23.6 Å². The average molecular weight is 315 g/mol. The van der Waals surface area contributed by atoms with E-state index < -0.39 is 12.0 Å². The first kappa shape index (κ1) is 15.9. The number of piperidine rings is 1. The number of carboxylic acids is 1. The molecule has 0 saturated carbocycles. The summed E-state index contributed by atoms with van der Waals surface area (Å²) in [6.07, 6.45) is 1.41. The molecule has 8 heteroatoms. The molecule has 0 aromatic carbocycles. The zero-order chi connectivity index (χ0) is 15.6. The number of thioether (sulfide) groups is 1. The van der Waals surface area contributed by atoms with Crippen molar-refractivity contribution in [1.82, 2.24) is 15.1 Å². The molecule has 0 bridgehead atoms. The zero-order valence-corrected chi connectivity index (χ0v) is 13.1. The van der Waals surface area contributed by atoms with Crippen LogP contribution in [-0.2, 0) is 9.59 Å². The first-order valence-corrected chi connectivity index (χ1v) is 8.13. The van der Waals surface area contributed by atoms with Crippen molar-refractivity contribution >= 4 is 29.7 Å². The number of amides is 3. The highest BCUT2D eigenvalue weighted by molar-refractivity contribution is 8.00. The summed E-state index contributed by atoms with van der Waals surface area (Å²) in [6.45, 7) is 4.43. The third-order valence-corrected chi connectivity index (χ3v) is 5.12. The lowest BCUT2D eigenvalue weighted by Crippen LogP contribution is -2.54. The highest BCUT2D eigenvalue weighted by atomic mass is 32.2. The molecule has 2 N–H and O–H groups in total. The molecule has 2 unspecified atom stereocenters. The monoisotopic (exact) mass is 315 g/mol. The summed E-state index contributed by atoms with van der Waals surface area (Å²) in [5, 5.41) is 12.0. The molecule has 0 aromatic rings. The van der Waals surface area contributed by atoms with Crippen LogP contribution in [0.1, 0.15) is 26.7 Å². The van der Waals surface area contributed by atoms with E-state index in [4.69, 9.17) is 0 Å². The fourth-order valence-corrected chi connectivity index (χ4v) is 3.95. The standard InChI is InChI=1S/C13H21N3O4S/c1-8(17)14-10-3-5-15(6-4-10)13(20)16-9(2)21-7-11(16)12(18)19/h9-11H,3-7H2,1-2H3,(H,14,17)(H,18,19). The van der Waals surface area contributed by atoms with E-state index in [2.05, 4.69) is 5.32 Å². The third-order valence-electron chi connectivity index (χ3n) is 3.90. The van der Waals surface area contributed by atoms with Gasteiger partial charge in [-0.3, -0.25) is 9.69 Å². The second-order valence-corrected chi connectivity index (χ2v) is 6.79. The number of likely N-dealkylation sites (tertiary alicyclic amines) is 1. The second kappa shape index (κ2) is 6.55. The lowest BCUT2D eigenvalue weighted by atomic mass is 10.1. The molecule has 0 aromatic heterocycles. The maximum atomic E-state index is 12.5. The van der Waals surface area contributed by atoms with Gasteiger partial charge < -0.3 is 15.3 Å². The Kier molecular flexibility index (Phi) is 4.97. The van der Waals surface area contributed by atoms with Crippen LogP contribution in [-0.4, -0.2) is 69.1 Å². The number of aliphatic carboxylic acids is 1. The normalized spacial score (nSPS) is 26.8. The number of urea groups is 1. The molecule has 2 aliphatic rings. The van der Waals surface area contributed by atoms with Gasteiger partial charge in [0.2, 0.25) is 5.91 Å². The van der Waals surface area contributed by atoms with Gasteiger partial charge in [0.1, 0.15) is 6.04 Å². The van der Waals surface area contributed by atoms with Gasteiger partial charge in [-0.2, -0.15) is 0 Å². The van der Waals surface area contributed by atoms with Gasteiger partial charge in [0, 0.05) is 31.8 Å². The fraction of sp³-hybridized carbons (Fsp3) is 0.769. The Morgan fingerprint density at radius 1 is 1.24 bits per heavy atom. The Balaban J connectivity index is 1.95. The van der Waals surface area contributed by atoms with Gasteiger partial charge in [0.15, 0.2) is 0 Å². The number of hydrogen-bond acceptors (Lipinski definition) is 4. The number of carbonyl (C=O) groups is 3. The quantitative estimate of drug-likeness (QED) is 0.777. The molecule has 2 rings (SSSR count). The smallest absolute Gasteiger partial charge is 0.327 e. The minimum absolute atomic E-state index is 0.0599. The number of carbonyl (C=O) groups excluding carboxylic acids is 2. The third kappa shape index (κ3) is 3.61. The molecule has 21 heavy (non-hydrogen) atoms. The van der Waals surface area contributed by atoms with Crippen LogP contribution >= 0.6 is 11.8 Å². The van der Waals surface area contributed by atoms with Gasteiger partial charge in [0.25, 0.3) is 0 Å². The van der Waals surface area contributed by atoms with E-state index in [1.54, 1.807) is 4.90 Å². The van der Waals surface area contributed by atoms with Crippen LogP contribution in [0.25, 0.3) is 0 Å². The van der Waals surface area contributed by atoms with Gasteiger partial charge in [-0.15, -0.1) is 11.8 Å². The molecule has 3 amide bonds. The predicted molar refractivity (Wildman–Crippen MR) is 79.0 cm³/mol. The van der Waals surface area contributed by atoms with Gasteiger partial charge >= 0.3 is 12.0 Å². The zero-order valence-electron chi connectivity index (χ0n) is 12.2. The van der Waals surface area contributed by atoms with E-state index in [0.717, 1.165) is 0 Å². The SMILES string of the molecule is CC(=O)NC1CCN(C(=O)N2C(C)SCC2C(=O)O)CC1. The first-order chi connectivity index (χ1) is 9.90. The van der Waals surface area contributed by atoms with Crippen LogP contribution in [0.15, 0.2) is 0 Å². The fourth-order valence-electron chi connectivity index (χ4n) is 2.79. The number of rotatable bonds is 2.